The molecule has 2 fully saturated rings. The zero-order chi connectivity index (χ0) is 18.7. The van der Waals surface area contributed by atoms with Crippen LogP contribution in [0.1, 0.15) is 60.3 Å². The molecule has 2 aliphatic carbocycles. The summed E-state index contributed by atoms with van der Waals surface area (Å²) in [6.07, 6.45) is 12.4. The predicted molar refractivity (Wildman–Crippen MR) is 110 cm³/mol. The lowest BCUT2D eigenvalue weighted by molar-refractivity contribution is 0.0765. The van der Waals surface area contributed by atoms with Crippen LogP contribution < -0.4 is 0 Å². The molecular weight excluding hydrogens is 320 g/mol. The third-order valence-electron chi connectivity index (χ3n) is 6.43. The van der Waals surface area contributed by atoms with Crippen LogP contribution in [0, 0.1) is 11.8 Å². The minimum absolute atomic E-state index is 0.205. The molecule has 0 radical (unpaired) electrons. The van der Waals surface area contributed by atoms with E-state index in [0.29, 0.717) is 5.92 Å². The minimum Gasteiger partial charge on any atom is -0.489 e. The van der Waals surface area contributed by atoms with Crippen LogP contribution in [-0.4, -0.2) is 48.1 Å². The topological polar surface area (TPSA) is 15.7 Å². The average Bonchev–Trinajstić information content (AvgIpc) is 2.75. The molecule has 0 amide bonds. The summed E-state index contributed by atoms with van der Waals surface area (Å²) in [4.78, 5) is 5.33. The summed E-state index contributed by atoms with van der Waals surface area (Å²) in [5.74, 6) is 2.45. The number of hydrogen-bond acceptors (Lipinski definition) is 3. The van der Waals surface area contributed by atoms with Gasteiger partial charge in [0.25, 0.3) is 0 Å². The number of rotatable bonds is 4. The van der Waals surface area contributed by atoms with Gasteiger partial charge in [-0.25, -0.2) is 0 Å². The van der Waals surface area contributed by atoms with Gasteiger partial charge < -0.3 is 9.64 Å². The molecule has 0 aromatic heterocycles. The Balaban J connectivity index is 1.68. The van der Waals surface area contributed by atoms with Gasteiger partial charge in [0, 0.05) is 32.2 Å². The first-order chi connectivity index (χ1) is 12.5. The van der Waals surface area contributed by atoms with Gasteiger partial charge in [-0.15, -0.1) is 0 Å². The highest BCUT2D eigenvalue weighted by molar-refractivity contribution is 5.37. The molecule has 1 aliphatic heterocycles. The van der Waals surface area contributed by atoms with Crippen LogP contribution in [0.25, 0.3) is 0 Å². The summed E-state index contributed by atoms with van der Waals surface area (Å²) in [7, 11) is 0. The van der Waals surface area contributed by atoms with Gasteiger partial charge in [0.15, 0.2) is 0 Å². The number of ether oxygens (including phenoxy) is 1. The van der Waals surface area contributed by atoms with Crippen LogP contribution in [0.15, 0.2) is 35.3 Å². The summed E-state index contributed by atoms with van der Waals surface area (Å²) in [5, 5.41) is 0. The van der Waals surface area contributed by atoms with Crippen LogP contribution in [0.5, 0.6) is 0 Å². The van der Waals surface area contributed by atoms with Gasteiger partial charge in [0.2, 0.25) is 0 Å². The monoisotopic (exact) mass is 358 g/mol. The van der Waals surface area contributed by atoms with Gasteiger partial charge in [-0.05, 0) is 69.9 Å². The molecule has 0 aromatic rings. The van der Waals surface area contributed by atoms with E-state index in [1.165, 1.54) is 50.0 Å². The Morgan fingerprint density at radius 3 is 2.27 bits per heavy atom. The van der Waals surface area contributed by atoms with Crippen molar-refractivity contribution in [2.75, 3.05) is 26.2 Å². The van der Waals surface area contributed by atoms with Crippen molar-refractivity contribution in [3.8, 4) is 0 Å². The number of hydrogen-bond donors (Lipinski definition) is 0. The number of piperazine rings is 1. The van der Waals surface area contributed by atoms with E-state index in [2.05, 4.69) is 62.6 Å². The van der Waals surface area contributed by atoms with Gasteiger partial charge in [0.05, 0.1) is 11.8 Å². The summed E-state index contributed by atoms with van der Waals surface area (Å²) in [6.45, 7) is 15.8. The van der Waals surface area contributed by atoms with E-state index in [1.54, 1.807) is 0 Å². The molecule has 3 heteroatoms. The molecule has 146 valence electrons. The van der Waals surface area contributed by atoms with Gasteiger partial charge in [-0.2, -0.15) is 0 Å². The lowest BCUT2D eigenvalue weighted by Gasteiger charge is -2.43. The minimum atomic E-state index is 0.205. The molecule has 1 heterocycles. The van der Waals surface area contributed by atoms with Crippen molar-refractivity contribution in [1.82, 2.24) is 9.80 Å². The molecule has 1 saturated heterocycles. The van der Waals surface area contributed by atoms with E-state index < -0.39 is 0 Å². The Morgan fingerprint density at radius 2 is 1.65 bits per heavy atom. The quantitative estimate of drug-likeness (QED) is 0.705. The zero-order valence-corrected chi connectivity index (χ0v) is 17.5. The normalized spacial score (nSPS) is 31.2. The second kappa shape index (κ2) is 8.65. The van der Waals surface area contributed by atoms with Crippen molar-refractivity contribution in [3.63, 3.8) is 0 Å². The first-order valence-electron chi connectivity index (χ1n) is 10.7. The molecule has 0 N–H and O–H groups in total. The molecule has 26 heavy (non-hydrogen) atoms. The average molecular weight is 359 g/mol. The molecule has 3 aliphatic rings. The van der Waals surface area contributed by atoms with Gasteiger partial charge in [-0.3, -0.25) is 4.90 Å². The maximum absolute atomic E-state index is 6.21. The van der Waals surface area contributed by atoms with Crippen LogP contribution in [0.2, 0.25) is 0 Å². The summed E-state index contributed by atoms with van der Waals surface area (Å²) >= 11 is 0. The molecule has 0 aromatic carbocycles. The van der Waals surface area contributed by atoms with Crippen LogP contribution >= 0.6 is 0 Å². The largest absolute Gasteiger partial charge is 0.489 e. The first kappa shape index (κ1) is 19.5. The van der Waals surface area contributed by atoms with Crippen molar-refractivity contribution < 1.29 is 4.74 Å². The van der Waals surface area contributed by atoms with E-state index in [1.807, 2.05) is 0 Å². The highest BCUT2D eigenvalue weighted by Gasteiger charge is 2.30. The number of allylic oxidation sites excluding steroid dienone is 4. The molecule has 3 nitrogen and oxygen atoms in total. The lowest BCUT2D eigenvalue weighted by atomic mass is 9.86. The molecule has 1 atom stereocenters. The van der Waals surface area contributed by atoms with Crippen LogP contribution in [0.4, 0.5) is 0 Å². The summed E-state index contributed by atoms with van der Waals surface area (Å²) in [6, 6.07) is 0.820. The Labute approximate surface area is 160 Å². The fourth-order valence-electron chi connectivity index (χ4n) is 4.62. The van der Waals surface area contributed by atoms with Crippen molar-refractivity contribution in [1.29, 1.82) is 0 Å². The molecule has 1 saturated carbocycles. The van der Waals surface area contributed by atoms with Gasteiger partial charge in [0.1, 0.15) is 5.76 Å². The third-order valence-corrected chi connectivity index (χ3v) is 6.43. The van der Waals surface area contributed by atoms with Crippen molar-refractivity contribution in [3.05, 3.63) is 35.3 Å². The maximum Gasteiger partial charge on any atom is 0.142 e. The summed E-state index contributed by atoms with van der Waals surface area (Å²) in [5.41, 5.74) is 2.78. The Morgan fingerprint density at radius 1 is 1.00 bits per heavy atom. The van der Waals surface area contributed by atoms with E-state index in [0.717, 1.165) is 30.8 Å². The third kappa shape index (κ3) is 4.54. The molecule has 1 unspecified atom stereocenters. The second-order valence-corrected chi connectivity index (χ2v) is 8.84. The highest BCUT2D eigenvalue weighted by Crippen LogP contribution is 2.32. The van der Waals surface area contributed by atoms with E-state index >= 15 is 0 Å². The van der Waals surface area contributed by atoms with Crippen molar-refractivity contribution in [2.45, 2.75) is 72.4 Å². The molecule has 0 spiro atoms. The van der Waals surface area contributed by atoms with E-state index in [9.17, 15) is 0 Å². The molecule has 0 bridgehead atoms. The van der Waals surface area contributed by atoms with Crippen LogP contribution in [-0.2, 0) is 4.74 Å². The predicted octanol–water partition coefficient (Wildman–Crippen LogP) is 4.97. The molecular formula is C23H38N2O. The lowest BCUT2D eigenvalue weighted by Crippen LogP contribution is -2.51. The Hall–Kier alpha value is -1.22. The van der Waals surface area contributed by atoms with E-state index in [-0.39, 0.29) is 6.10 Å². The van der Waals surface area contributed by atoms with E-state index in [4.69, 9.17) is 4.74 Å². The van der Waals surface area contributed by atoms with Crippen LogP contribution in [0.3, 0.4) is 0 Å². The Bertz CT molecular complexity index is 559. The summed E-state index contributed by atoms with van der Waals surface area (Å²) < 4.78 is 6.21. The van der Waals surface area contributed by atoms with Gasteiger partial charge >= 0.3 is 0 Å². The smallest absolute Gasteiger partial charge is 0.142 e. The zero-order valence-electron chi connectivity index (χ0n) is 17.5. The fourth-order valence-corrected chi connectivity index (χ4v) is 4.62. The maximum atomic E-state index is 6.21. The SMILES string of the molecule is CC1=C(N2CCN(C3CCC(C)CC3)CC2)C(OC(C)C)=CC=CC1C. The van der Waals surface area contributed by atoms with Crippen molar-refractivity contribution in [2.24, 2.45) is 11.8 Å². The number of nitrogens with zero attached hydrogens (tertiary/aromatic N) is 2. The van der Waals surface area contributed by atoms with Crippen molar-refractivity contribution >= 4 is 0 Å². The highest BCUT2D eigenvalue weighted by atomic mass is 16.5. The first-order valence-corrected chi connectivity index (χ1v) is 10.7. The van der Waals surface area contributed by atoms with Gasteiger partial charge in [-0.1, -0.05) is 26.0 Å². The second-order valence-electron chi connectivity index (χ2n) is 8.84. The Kier molecular flexibility index (Phi) is 6.50. The molecule has 3 rings (SSSR count). The standard InChI is InChI=1S/C23H38N2O/c1-17(2)26-22-8-6-7-19(4)20(5)23(22)25-15-13-24(14-16-25)21-11-9-18(3)10-12-21/h6-8,17-19,21H,9-16H2,1-5H3. The fraction of sp³-hybridized carbons (Fsp3) is 0.739.